The zero-order valence-corrected chi connectivity index (χ0v) is 17.2. The molecule has 0 spiro atoms. The van der Waals surface area contributed by atoms with Crippen molar-refractivity contribution in [3.8, 4) is 0 Å². The first-order valence-electron chi connectivity index (χ1n) is 8.96. The molecule has 0 fully saturated rings. The Hall–Kier alpha value is -2.67. The average molecular weight is 400 g/mol. The fourth-order valence-corrected chi connectivity index (χ4v) is 3.62. The monoisotopic (exact) mass is 399 g/mol. The number of rotatable bonds is 9. The lowest BCUT2D eigenvalue weighted by molar-refractivity contribution is -0.384. The van der Waals surface area contributed by atoms with E-state index < -0.39 is 4.92 Å². The summed E-state index contributed by atoms with van der Waals surface area (Å²) in [7, 11) is 0. The molecule has 0 unspecified atom stereocenters. The van der Waals surface area contributed by atoms with Gasteiger partial charge in [0.15, 0.2) is 0 Å². The van der Waals surface area contributed by atoms with E-state index >= 15 is 0 Å². The minimum Gasteiger partial charge on any atom is -0.272 e. The fraction of sp³-hybridized carbons (Fsp3) is 0.333. The molecule has 0 aliphatic rings. The van der Waals surface area contributed by atoms with E-state index in [1.54, 1.807) is 12.1 Å². The van der Waals surface area contributed by atoms with Gasteiger partial charge in [0.2, 0.25) is 5.91 Å². The van der Waals surface area contributed by atoms with Crippen LogP contribution in [0.15, 0.2) is 59.7 Å². The van der Waals surface area contributed by atoms with E-state index in [0.29, 0.717) is 5.75 Å². The summed E-state index contributed by atoms with van der Waals surface area (Å²) in [5.41, 5.74) is 5.64. The Bertz CT molecular complexity index is 834. The molecule has 0 aromatic heterocycles. The highest BCUT2D eigenvalue weighted by Gasteiger charge is 2.21. The number of carbonyl (C=O) groups is 1. The zero-order chi connectivity index (χ0) is 20.6. The highest BCUT2D eigenvalue weighted by molar-refractivity contribution is 7.99. The Morgan fingerprint density at radius 2 is 1.79 bits per heavy atom. The molecule has 0 aliphatic carbocycles. The van der Waals surface area contributed by atoms with Gasteiger partial charge in [-0.25, -0.2) is 5.43 Å². The van der Waals surface area contributed by atoms with Crippen LogP contribution in [0.1, 0.15) is 38.3 Å². The largest absolute Gasteiger partial charge is 0.272 e. The van der Waals surface area contributed by atoms with Crippen molar-refractivity contribution in [2.24, 2.45) is 5.10 Å². The van der Waals surface area contributed by atoms with Gasteiger partial charge in [-0.15, -0.1) is 11.8 Å². The summed E-state index contributed by atoms with van der Waals surface area (Å²) in [6.07, 6.45) is 0.743. The standard InChI is InChI=1S/C21H25N3O3S/c1-16(13-21(2,3)18-7-5-4-6-8-18)22-23-20(25)15-28-14-17-9-11-19(12-10-17)24(26)27/h4-12H,13-15H2,1-3H3,(H,23,25)/b22-16-. The van der Waals surface area contributed by atoms with Gasteiger partial charge < -0.3 is 0 Å². The quantitative estimate of drug-likeness (QED) is 0.377. The fourth-order valence-electron chi connectivity index (χ4n) is 2.84. The van der Waals surface area contributed by atoms with E-state index in [-0.39, 0.29) is 22.8 Å². The van der Waals surface area contributed by atoms with Gasteiger partial charge in [0.05, 0.1) is 10.7 Å². The van der Waals surface area contributed by atoms with Crippen molar-refractivity contribution < 1.29 is 9.72 Å². The summed E-state index contributed by atoms with van der Waals surface area (Å²) < 4.78 is 0. The van der Waals surface area contributed by atoms with Crippen LogP contribution in [0.25, 0.3) is 0 Å². The molecule has 2 aromatic carbocycles. The highest BCUT2D eigenvalue weighted by atomic mass is 32.2. The van der Waals surface area contributed by atoms with Gasteiger partial charge in [0.25, 0.3) is 5.69 Å². The smallest absolute Gasteiger partial charge is 0.269 e. The number of nitrogens with one attached hydrogen (secondary N) is 1. The van der Waals surface area contributed by atoms with Crippen molar-refractivity contribution in [2.45, 2.75) is 38.4 Å². The zero-order valence-electron chi connectivity index (χ0n) is 16.3. The first kappa shape index (κ1) is 21.6. The number of nitro groups is 1. The number of hydrogen-bond acceptors (Lipinski definition) is 5. The van der Waals surface area contributed by atoms with E-state index in [1.165, 1.54) is 29.5 Å². The van der Waals surface area contributed by atoms with Crippen LogP contribution < -0.4 is 5.43 Å². The number of non-ortho nitro benzene ring substituents is 1. The molecule has 0 atom stereocenters. The first-order chi connectivity index (χ1) is 13.3. The van der Waals surface area contributed by atoms with Crippen molar-refractivity contribution in [1.82, 2.24) is 5.43 Å². The van der Waals surface area contributed by atoms with E-state index in [9.17, 15) is 14.9 Å². The molecule has 0 saturated heterocycles. The number of carbonyl (C=O) groups excluding carboxylic acids is 1. The molecule has 2 aromatic rings. The van der Waals surface area contributed by atoms with Gasteiger partial charge in [-0.3, -0.25) is 14.9 Å². The van der Waals surface area contributed by atoms with Gasteiger partial charge in [0, 0.05) is 23.6 Å². The van der Waals surface area contributed by atoms with Crippen LogP contribution in [0.4, 0.5) is 5.69 Å². The van der Waals surface area contributed by atoms with Gasteiger partial charge in [0.1, 0.15) is 0 Å². The molecule has 0 radical (unpaired) electrons. The van der Waals surface area contributed by atoms with Crippen molar-refractivity contribution in [3.05, 3.63) is 75.8 Å². The summed E-state index contributed by atoms with van der Waals surface area (Å²) in [4.78, 5) is 22.2. The maximum atomic E-state index is 12.0. The number of hydrogen-bond donors (Lipinski definition) is 1. The predicted octanol–water partition coefficient (Wildman–Crippen LogP) is 4.69. The summed E-state index contributed by atoms with van der Waals surface area (Å²) in [5, 5.41) is 14.9. The minimum atomic E-state index is -0.427. The number of nitrogens with zero attached hydrogens (tertiary/aromatic N) is 2. The van der Waals surface area contributed by atoms with Crippen molar-refractivity contribution >= 4 is 29.1 Å². The molecule has 1 amide bonds. The molecule has 148 valence electrons. The summed E-state index contributed by atoms with van der Waals surface area (Å²) in [6, 6.07) is 16.6. The molecule has 7 heteroatoms. The van der Waals surface area contributed by atoms with Crippen LogP contribution in [-0.4, -0.2) is 22.3 Å². The Balaban J connectivity index is 1.77. The molecule has 1 N–H and O–H groups in total. The minimum absolute atomic E-state index is 0.0646. The topological polar surface area (TPSA) is 84.6 Å². The Labute approximate surface area is 169 Å². The van der Waals surface area contributed by atoms with E-state index in [1.807, 2.05) is 25.1 Å². The Kier molecular flexibility index (Phi) is 7.75. The van der Waals surface area contributed by atoms with Crippen LogP contribution >= 0.6 is 11.8 Å². The highest BCUT2D eigenvalue weighted by Crippen LogP contribution is 2.27. The summed E-state index contributed by atoms with van der Waals surface area (Å²) >= 11 is 1.44. The summed E-state index contributed by atoms with van der Waals surface area (Å²) in [5.74, 6) is 0.717. The Morgan fingerprint density at radius 1 is 1.14 bits per heavy atom. The van der Waals surface area contributed by atoms with Gasteiger partial charge >= 0.3 is 0 Å². The third kappa shape index (κ3) is 6.81. The van der Waals surface area contributed by atoms with Gasteiger partial charge in [-0.1, -0.05) is 56.3 Å². The molecule has 0 saturated carbocycles. The van der Waals surface area contributed by atoms with Gasteiger partial charge in [-0.2, -0.15) is 5.10 Å². The first-order valence-corrected chi connectivity index (χ1v) is 10.1. The van der Waals surface area contributed by atoms with Crippen LogP contribution in [0.3, 0.4) is 0 Å². The lowest BCUT2D eigenvalue weighted by atomic mass is 9.80. The normalized spacial score (nSPS) is 11.9. The van der Waals surface area contributed by atoms with E-state index in [2.05, 4.69) is 36.5 Å². The molecular formula is C21H25N3O3S. The number of hydrazone groups is 1. The molecule has 0 heterocycles. The van der Waals surface area contributed by atoms with Gasteiger partial charge in [-0.05, 0) is 29.9 Å². The maximum absolute atomic E-state index is 12.0. The third-order valence-corrected chi connectivity index (χ3v) is 5.28. The number of nitro benzene ring substituents is 1. The van der Waals surface area contributed by atoms with Crippen LogP contribution in [0.2, 0.25) is 0 Å². The lowest BCUT2D eigenvalue weighted by Crippen LogP contribution is -2.25. The molecule has 0 aliphatic heterocycles. The molecule has 0 bridgehead atoms. The average Bonchev–Trinajstić information content (AvgIpc) is 2.67. The van der Waals surface area contributed by atoms with Crippen LogP contribution in [-0.2, 0) is 16.0 Å². The summed E-state index contributed by atoms with van der Waals surface area (Å²) in [6.45, 7) is 6.22. The predicted molar refractivity (Wildman–Crippen MR) is 115 cm³/mol. The van der Waals surface area contributed by atoms with Crippen LogP contribution in [0.5, 0.6) is 0 Å². The maximum Gasteiger partial charge on any atom is 0.269 e. The third-order valence-electron chi connectivity index (χ3n) is 4.27. The molecular weight excluding hydrogens is 374 g/mol. The lowest BCUT2D eigenvalue weighted by Gasteiger charge is -2.25. The second kappa shape index (κ2) is 10.0. The van der Waals surface area contributed by atoms with E-state index in [4.69, 9.17) is 0 Å². The second-order valence-corrected chi connectivity index (χ2v) is 8.21. The van der Waals surface area contributed by atoms with E-state index in [0.717, 1.165) is 17.7 Å². The number of benzene rings is 2. The van der Waals surface area contributed by atoms with Crippen molar-refractivity contribution in [1.29, 1.82) is 0 Å². The Morgan fingerprint density at radius 3 is 2.39 bits per heavy atom. The molecule has 6 nitrogen and oxygen atoms in total. The van der Waals surface area contributed by atoms with Crippen LogP contribution in [0, 0.1) is 10.1 Å². The van der Waals surface area contributed by atoms with Crippen molar-refractivity contribution in [3.63, 3.8) is 0 Å². The molecule has 2 rings (SSSR count). The number of thioether (sulfide) groups is 1. The molecule has 28 heavy (non-hydrogen) atoms. The van der Waals surface area contributed by atoms with Crippen molar-refractivity contribution in [2.75, 3.05) is 5.75 Å². The second-order valence-electron chi connectivity index (χ2n) is 7.23. The SMILES string of the molecule is C/C(CC(C)(C)c1ccccc1)=N/NC(=O)CSCc1ccc([N+](=O)[O-])cc1. The number of amides is 1.